The zero-order valence-electron chi connectivity index (χ0n) is 10.6. The van der Waals surface area contributed by atoms with E-state index >= 15 is 0 Å². The number of nitrogens with zero attached hydrogens (tertiary/aromatic N) is 1. The topological polar surface area (TPSA) is 101 Å². The van der Waals surface area contributed by atoms with E-state index in [9.17, 15) is 16.8 Å². The monoisotopic (exact) mass is 313 g/mol. The Labute approximate surface area is 113 Å². The summed E-state index contributed by atoms with van der Waals surface area (Å²) in [4.78, 5) is 0. The third-order valence-electron chi connectivity index (χ3n) is 3.58. The van der Waals surface area contributed by atoms with E-state index in [4.69, 9.17) is 9.29 Å². The molecule has 0 spiro atoms. The molecule has 9 heteroatoms. The van der Waals surface area contributed by atoms with Gasteiger partial charge in [-0.2, -0.15) is 12.7 Å². The zero-order valence-corrected chi connectivity index (χ0v) is 12.2. The molecule has 0 aromatic rings. The van der Waals surface area contributed by atoms with Crippen molar-refractivity contribution in [2.45, 2.75) is 43.5 Å². The standard InChI is InChI=1S/C10H19NO6S2/c12-18(13)8-11(18)6-1-7-17-9-2-4-10(5-3-9)19(14,15)16/h9-10H,1-8H2,(H,14,15,16). The molecule has 0 amide bonds. The van der Waals surface area contributed by atoms with Crippen LogP contribution >= 0.6 is 0 Å². The second kappa shape index (κ2) is 5.65. The van der Waals surface area contributed by atoms with Crippen LogP contribution in [-0.2, 0) is 24.9 Å². The molecule has 2 rings (SSSR count). The Hall–Kier alpha value is -0.220. The highest BCUT2D eigenvalue weighted by Gasteiger charge is 2.39. The number of ether oxygens (including phenoxy) is 1. The first-order valence-electron chi connectivity index (χ1n) is 6.35. The summed E-state index contributed by atoms with van der Waals surface area (Å²) in [6.07, 6.45) is 2.74. The van der Waals surface area contributed by atoms with Gasteiger partial charge in [0.15, 0.2) is 0 Å². The first-order valence-corrected chi connectivity index (χ1v) is 9.46. The maximum atomic E-state index is 10.9. The van der Waals surface area contributed by atoms with Crippen molar-refractivity contribution in [3.63, 3.8) is 0 Å². The van der Waals surface area contributed by atoms with Crippen molar-refractivity contribution in [3.05, 3.63) is 0 Å². The molecule has 2 aliphatic rings. The van der Waals surface area contributed by atoms with Crippen LogP contribution in [-0.4, -0.2) is 56.1 Å². The largest absolute Gasteiger partial charge is 0.378 e. The third-order valence-corrected chi connectivity index (χ3v) is 6.33. The normalized spacial score (nSPS) is 34.1. The lowest BCUT2D eigenvalue weighted by molar-refractivity contribution is 0.0267. The quantitative estimate of drug-likeness (QED) is 0.427. The van der Waals surface area contributed by atoms with Crippen LogP contribution in [0.5, 0.6) is 0 Å². The summed E-state index contributed by atoms with van der Waals surface area (Å²) in [7, 11) is -6.82. The number of rotatable bonds is 6. The fraction of sp³-hybridized carbons (Fsp3) is 1.00. The van der Waals surface area contributed by atoms with Gasteiger partial charge in [0.25, 0.3) is 10.1 Å². The van der Waals surface area contributed by atoms with Crippen molar-refractivity contribution in [2.75, 3.05) is 19.0 Å². The highest BCUT2D eigenvalue weighted by molar-refractivity contribution is 7.95. The summed E-state index contributed by atoms with van der Waals surface area (Å²) in [6.45, 7) is 0.968. The van der Waals surface area contributed by atoms with Gasteiger partial charge in [0.2, 0.25) is 10.0 Å². The SMILES string of the molecule is O=S(=O)(O)C1CCC(OCCCN2CS2(=O)=O)CC1. The van der Waals surface area contributed by atoms with Crippen molar-refractivity contribution in [2.24, 2.45) is 0 Å². The van der Waals surface area contributed by atoms with E-state index in [0.29, 0.717) is 45.3 Å². The molecule has 1 unspecified atom stereocenters. The van der Waals surface area contributed by atoms with Crippen LogP contribution in [0.3, 0.4) is 0 Å². The highest BCUT2D eigenvalue weighted by atomic mass is 32.2. The Morgan fingerprint density at radius 1 is 1.21 bits per heavy atom. The fourth-order valence-corrected chi connectivity index (χ4v) is 4.33. The summed E-state index contributed by atoms with van der Waals surface area (Å²) in [5, 5.41) is -0.657. The van der Waals surface area contributed by atoms with E-state index in [-0.39, 0.29) is 12.0 Å². The predicted octanol–water partition coefficient (Wildman–Crippen LogP) is 0.195. The van der Waals surface area contributed by atoms with E-state index in [2.05, 4.69) is 0 Å². The molecule has 1 saturated carbocycles. The minimum absolute atomic E-state index is 0.0174. The predicted molar refractivity (Wildman–Crippen MR) is 68.7 cm³/mol. The molecule has 1 aliphatic carbocycles. The van der Waals surface area contributed by atoms with Gasteiger partial charge in [-0.25, -0.2) is 8.42 Å². The van der Waals surface area contributed by atoms with Crippen LogP contribution in [0.2, 0.25) is 0 Å². The van der Waals surface area contributed by atoms with Gasteiger partial charge >= 0.3 is 0 Å². The number of hydrogen-bond donors (Lipinski definition) is 1. The molecule has 0 aromatic carbocycles. The Kier molecular flexibility index (Phi) is 4.51. The molecule has 0 aromatic heterocycles. The first-order chi connectivity index (χ1) is 8.79. The highest BCUT2D eigenvalue weighted by Crippen LogP contribution is 2.26. The molecule has 0 radical (unpaired) electrons. The second-order valence-electron chi connectivity index (χ2n) is 5.05. The molecule has 1 atom stereocenters. The molecule has 1 aliphatic heterocycles. The lowest BCUT2D eigenvalue weighted by Crippen LogP contribution is -2.30. The first kappa shape index (κ1) is 15.2. The van der Waals surface area contributed by atoms with Gasteiger partial charge in [-0.3, -0.25) is 4.55 Å². The van der Waals surface area contributed by atoms with Crippen molar-refractivity contribution in [3.8, 4) is 0 Å². The molecule has 2 fully saturated rings. The minimum Gasteiger partial charge on any atom is -0.378 e. The molecule has 0 bridgehead atoms. The van der Waals surface area contributed by atoms with E-state index in [1.54, 1.807) is 0 Å². The maximum Gasteiger partial charge on any atom is 0.267 e. The van der Waals surface area contributed by atoms with Crippen LogP contribution in [0.15, 0.2) is 0 Å². The van der Waals surface area contributed by atoms with Crippen LogP contribution < -0.4 is 0 Å². The Morgan fingerprint density at radius 3 is 2.26 bits per heavy atom. The lowest BCUT2D eigenvalue weighted by atomic mass is 9.97. The van der Waals surface area contributed by atoms with E-state index in [0.717, 1.165) is 0 Å². The van der Waals surface area contributed by atoms with Crippen molar-refractivity contribution >= 4 is 20.1 Å². The van der Waals surface area contributed by atoms with Crippen molar-refractivity contribution < 1.29 is 26.1 Å². The molecular formula is C10H19NO6S2. The minimum atomic E-state index is -3.92. The van der Waals surface area contributed by atoms with Gasteiger partial charge in [-0.1, -0.05) is 0 Å². The average Bonchev–Trinajstić information content (AvgIpc) is 2.92. The van der Waals surface area contributed by atoms with E-state index in [1.165, 1.54) is 4.31 Å². The molecule has 19 heavy (non-hydrogen) atoms. The summed E-state index contributed by atoms with van der Waals surface area (Å²) in [5.41, 5.74) is 0. The van der Waals surface area contributed by atoms with Gasteiger partial charge < -0.3 is 4.74 Å². The summed E-state index contributed by atoms with van der Waals surface area (Å²) in [6, 6.07) is 0. The summed E-state index contributed by atoms with van der Waals surface area (Å²) < 4.78 is 59.6. The Balaban J connectivity index is 1.59. The van der Waals surface area contributed by atoms with Gasteiger partial charge in [0.05, 0.1) is 11.4 Å². The van der Waals surface area contributed by atoms with Gasteiger partial charge in [-0.15, -0.1) is 0 Å². The molecule has 1 saturated heterocycles. The summed E-state index contributed by atoms with van der Waals surface area (Å²) in [5.74, 6) is 0.145. The molecule has 112 valence electrons. The lowest BCUT2D eigenvalue weighted by Gasteiger charge is -2.26. The molecular weight excluding hydrogens is 294 g/mol. The van der Waals surface area contributed by atoms with Crippen LogP contribution in [0.4, 0.5) is 0 Å². The van der Waals surface area contributed by atoms with Crippen molar-refractivity contribution in [1.82, 2.24) is 4.31 Å². The fourth-order valence-electron chi connectivity index (χ4n) is 2.35. The van der Waals surface area contributed by atoms with Gasteiger partial charge in [0, 0.05) is 13.2 Å². The Morgan fingerprint density at radius 2 is 1.79 bits per heavy atom. The number of hydrogen-bond acceptors (Lipinski definition) is 5. The second-order valence-corrected chi connectivity index (χ2v) is 8.69. The summed E-state index contributed by atoms with van der Waals surface area (Å²) >= 11 is 0. The average molecular weight is 313 g/mol. The van der Waals surface area contributed by atoms with E-state index < -0.39 is 25.4 Å². The van der Waals surface area contributed by atoms with Crippen molar-refractivity contribution in [1.29, 1.82) is 0 Å². The van der Waals surface area contributed by atoms with Gasteiger partial charge in [0.1, 0.15) is 5.88 Å². The third kappa shape index (κ3) is 4.38. The maximum absolute atomic E-state index is 10.9. The van der Waals surface area contributed by atoms with Crippen LogP contribution in [0.25, 0.3) is 0 Å². The number of sulfonamides is 1. The zero-order chi connectivity index (χ0) is 14.1. The van der Waals surface area contributed by atoms with Crippen LogP contribution in [0, 0.1) is 0 Å². The van der Waals surface area contributed by atoms with Crippen LogP contribution in [0.1, 0.15) is 32.1 Å². The molecule has 1 heterocycles. The molecule has 1 N–H and O–H groups in total. The smallest absolute Gasteiger partial charge is 0.267 e. The van der Waals surface area contributed by atoms with E-state index in [1.807, 2.05) is 0 Å². The van der Waals surface area contributed by atoms with Gasteiger partial charge in [-0.05, 0) is 32.1 Å². The Bertz CT molecular complexity index is 506. The molecule has 7 nitrogen and oxygen atoms in total.